The highest BCUT2D eigenvalue weighted by atomic mass is 79.9. The van der Waals surface area contributed by atoms with Gasteiger partial charge in [0, 0.05) is 23.1 Å². The van der Waals surface area contributed by atoms with Crippen LogP contribution < -0.4 is 10.6 Å². The van der Waals surface area contributed by atoms with Crippen LogP contribution in [0.15, 0.2) is 22.7 Å². The summed E-state index contributed by atoms with van der Waals surface area (Å²) in [7, 11) is 0. The third-order valence-electron chi connectivity index (χ3n) is 3.58. The van der Waals surface area contributed by atoms with Gasteiger partial charge in [0.1, 0.15) is 0 Å². The first-order chi connectivity index (χ1) is 8.49. The van der Waals surface area contributed by atoms with Crippen molar-refractivity contribution in [1.82, 2.24) is 0 Å². The second-order valence-electron chi connectivity index (χ2n) is 5.69. The van der Waals surface area contributed by atoms with Gasteiger partial charge >= 0.3 is 0 Å². The van der Waals surface area contributed by atoms with Crippen LogP contribution in [0.25, 0.3) is 0 Å². The summed E-state index contributed by atoms with van der Waals surface area (Å²) in [5, 5.41) is 0. The van der Waals surface area contributed by atoms with Crippen molar-refractivity contribution in [3.63, 3.8) is 0 Å². The minimum Gasteiger partial charge on any atom is -0.368 e. The monoisotopic (exact) mass is 310 g/mol. The largest absolute Gasteiger partial charge is 0.368 e. The first kappa shape index (κ1) is 13.9. The Labute approximate surface area is 119 Å². The predicted molar refractivity (Wildman–Crippen MR) is 82.0 cm³/mol. The maximum atomic E-state index is 5.92. The first-order valence-corrected chi connectivity index (χ1v) is 7.60. The zero-order chi connectivity index (χ0) is 13.3. The zero-order valence-corrected chi connectivity index (χ0v) is 13.1. The topological polar surface area (TPSA) is 29.3 Å². The van der Waals surface area contributed by atoms with Crippen LogP contribution >= 0.6 is 15.9 Å². The molecule has 18 heavy (non-hydrogen) atoms. The molecule has 1 saturated carbocycles. The van der Waals surface area contributed by atoms with E-state index < -0.39 is 0 Å². The Balaban J connectivity index is 2.23. The second-order valence-corrected chi connectivity index (χ2v) is 6.54. The van der Waals surface area contributed by atoms with E-state index in [-0.39, 0.29) is 6.04 Å². The molecule has 0 unspecified atom stereocenters. The fourth-order valence-corrected chi connectivity index (χ4v) is 2.83. The number of hydrogen-bond acceptors (Lipinski definition) is 2. The molecule has 2 rings (SSSR count). The van der Waals surface area contributed by atoms with Crippen molar-refractivity contribution >= 4 is 21.6 Å². The van der Waals surface area contributed by atoms with E-state index in [1.165, 1.54) is 30.6 Å². The third kappa shape index (κ3) is 3.27. The Morgan fingerprint density at radius 1 is 1.33 bits per heavy atom. The maximum absolute atomic E-state index is 5.92. The van der Waals surface area contributed by atoms with Crippen molar-refractivity contribution < 1.29 is 0 Å². The van der Waals surface area contributed by atoms with Gasteiger partial charge in [-0.05, 0) is 73.2 Å². The van der Waals surface area contributed by atoms with Crippen molar-refractivity contribution in [3.05, 3.63) is 28.2 Å². The van der Waals surface area contributed by atoms with Gasteiger partial charge in [-0.2, -0.15) is 0 Å². The highest BCUT2D eigenvalue weighted by molar-refractivity contribution is 9.10. The van der Waals surface area contributed by atoms with Crippen LogP contribution in [0.1, 0.15) is 45.2 Å². The number of benzene rings is 1. The van der Waals surface area contributed by atoms with Gasteiger partial charge in [-0.15, -0.1) is 0 Å². The van der Waals surface area contributed by atoms with Crippen LogP contribution in [0.4, 0.5) is 5.69 Å². The molecule has 0 aliphatic heterocycles. The van der Waals surface area contributed by atoms with Crippen molar-refractivity contribution in [2.75, 3.05) is 11.4 Å². The summed E-state index contributed by atoms with van der Waals surface area (Å²) < 4.78 is 1.16. The lowest BCUT2D eigenvalue weighted by molar-refractivity contribution is 0.643. The van der Waals surface area contributed by atoms with E-state index in [9.17, 15) is 0 Å². The molecular formula is C15H23BrN2. The van der Waals surface area contributed by atoms with Gasteiger partial charge in [0.05, 0.1) is 5.69 Å². The van der Waals surface area contributed by atoms with Crippen LogP contribution in [0, 0.1) is 5.92 Å². The normalized spacial score (nSPS) is 17.0. The molecule has 1 aromatic rings. The van der Waals surface area contributed by atoms with Gasteiger partial charge in [0.25, 0.3) is 0 Å². The van der Waals surface area contributed by atoms with E-state index in [1.807, 2.05) is 6.92 Å². The fraction of sp³-hybridized carbons (Fsp3) is 0.600. The molecule has 1 atom stereocenters. The summed E-state index contributed by atoms with van der Waals surface area (Å²) in [6.07, 6.45) is 2.78. The molecule has 1 fully saturated rings. The standard InChI is InChI=1S/C15H23BrN2/c1-10(2)18(9-12-4-5-12)15-7-6-13(11(3)17)8-14(15)16/h6-8,10-12H,4-5,9,17H2,1-3H3/t11-/m1/s1. The molecule has 0 spiro atoms. The molecule has 0 aromatic heterocycles. The molecule has 0 bridgehead atoms. The van der Waals surface area contributed by atoms with Crippen LogP contribution in [-0.4, -0.2) is 12.6 Å². The maximum Gasteiger partial charge on any atom is 0.0513 e. The number of halogens is 1. The molecule has 1 aliphatic carbocycles. The summed E-state index contributed by atoms with van der Waals surface area (Å²) in [5.74, 6) is 0.896. The lowest BCUT2D eigenvalue weighted by Gasteiger charge is -2.30. The number of nitrogens with zero attached hydrogens (tertiary/aromatic N) is 1. The van der Waals surface area contributed by atoms with Crippen LogP contribution in [0.2, 0.25) is 0 Å². The Morgan fingerprint density at radius 3 is 2.44 bits per heavy atom. The van der Waals surface area contributed by atoms with Crippen molar-refractivity contribution in [2.45, 2.75) is 45.7 Å². The summed E-state index contributed by atoms with van der Waals surface area (Å²) >= 11 is 3.70. The third-order valence-corrected chi connectivity index (χ3v) is 4.22. The van der Waals surface area contributed by atoms with Crippen LogP contribution in [0.5, 0.6) is 0 Å². The highest BCUT2D eigenvalue weighted by Crippen LogP contribution is 2.35. The predicted octanol–water partition coefficient (Wildman–Crippen LogP) is 4.09. The van der Waals surface area contributed by atoms with Gasteiger partial charge in [0.15, 0.2) is 0 Å². The Kier molecular flexibility index (Phi) is 4.33. The molecule has 1 aliphatic rings. The highest BCUT2D eigenvalue weighted by Gasteiger charge is 2.26. The average molecular weight is 311 g/mol. The van der Waals surface area contributed by atoms with E-state index in [1.54, 1.807) is 0 Å². The number of anilines is 1. The van der Waals surface area contributed by atoms with Crippen LogP contribution in [0.3, 0.4) is 0 Å². The molecule has 2 nitrogen and oxygen atoms in total. The first-order valence-electron chi connectivity index (χ1n) is 6.80. The Bertz CT molecular complexity index is 411. The molecule has 0 radical (unpaired) electrons. The summed E-state index contributed by atoms with van der Waals surface area (Å²) in [6, 6.07) is 7.12. The molecule has 100 valence electrons. The average Bonchev–Trinajstić information content (AvgIpc) is 3.09. The molecule has 2 N–H and O–H groups in total. The van der Waals surface area contributed by atoms with Gasteiger partial charge in [-0.3, -0.25) is 0 Å². The fourth-order valence-electron chi connectivity index (χ4n) is 2.21. The number of nitrogens with two attached hydrogens (primary N) is 1. The molecule has 3 heteroatoms. The van der Waals surface area contributed by atoms with Crippen molar-refractivity contribution in [3.8, 4) is 0 Å². The van der Waals surface area contributed by atoms with E-state index in [0.29, 0.717) is 6.04 Å². The summed E-state index contributed by atoms with van der Waals surface area (Å²) in [4.78, 5) is 2.49. The smallest absolute Gasteiger partial charge is 0.0513 e. The summed E-state index contributed by atoms with van der Waals surface area (Å²) in [6.45, 7) is 7.71. The molecule has 0 heterocycles. The van der Waals surface area contributed by atoms with Crippen LogP contribution in [-0.2, 0) is 0 Å². The minimum absolute atomic E-state index is 0.0892. The Hall–Kier alpha value is -0.540. The summed E-state index contributed by atoms with van der Waals surface area (Å²) in [5.41, 5.74) is 8.40. The molecule has 0 amide bonds. The molecule has 1 aromatic carbocycles. The van der Waals surface area contributed by atoms with Gasteiger partial charge in [-0.1, -0.05) is 6.07 Å². The SMILES string of the molecule is CC(C)N(CC1CC1)c1ccc([C@@H](C)N)cc1Br. The Morgan fingerprint density at radius 2 is 2.00 bits per heavy atom. The van der Waals surface area contributed by atoms with E-state index in [2.05, 4.69) is 52.9 Å². The number of hydrogen-bond donors (Lipinski definition) is 1. The van der Waals surface area contributed by atoms with Gasteiger partial charge < -0.3 is 10.6 Å². The van der Waals surface area contributed by atoms with E-state index in [4.69, 9.17) is 5.73 Å². The molecular weight excluding hydrogens is 288 g/mol. The second kappa shape index (κ2) is 5.62. The van der Waals surface area contributed by atoms with Crippen molar-refractivity contribution in [1.29, 1.82) is 0 Å². The lowest BCUT2D eigenvalue weighted by atomic mass is 10.1. The quantitative estimate of drug-likeness (QED) is 0.887. The van der Waals surface area contributed by atoms with Crippen molar-refractivity contribution in [2.24, 2.45) is 11.7 Å². The lowest BCUT2D eigenvalue weighted by Crippen LogP contribution is -2.33. The number of rotatable bonds is 5. The molecule has 0 saturated heterocycles. The van der Waals surface area contributed by atoms with E-state index in [0.717, 1.165) is 10.4 Å². The van der Waals surface area contributed by atoms with E-state index >= 15 is 0 Å². The minimum atomic E-state index is 0.0892. The zero-order valence-electron chi connectivity index (χ0n) is 11.5. The van der Waals surface area contributed by atoms with Gasteiger partial charge in [0.2, 0.25) is 0 Å². The van der Waals surface area contributed by atoms with Gasteiger partial charge in [-0.25, -0.2) is 0 Å².